The average Bonchev–Trinajstić information content (AvgIpc) is 2.40. The second-order valence-corrected chi connectivity index (χ2v) is 5.39. The second-order valence-electron chi connectivity index (χ2n) is 3.44. The average molecular weight is 264 g/mol. The number of nitro benzene ring substituents is 1. The van der Waals surface area contributed by atoms with Gasteiger partial charge in [-0.2, -0.15) is 0 Å². The molecule has 0 saturated heterocycles. The Bertz CT molecular complexity index is 666. The molecule has 7 heteroatoms. The summed E-state index contributed by atoms with van der Waals surface area (Å²) in [6.07, 6.45) is 2.70. The Morgan fingerprint density at radius 3 is 2.22 bits per heavy atom. The van der Waals surface area contributed by atoms with Gasteiger partial charge in [0.25, 0.3) is 5.69 Å². The van der Waals surface area contributed by atoms with Gasteiger partial charge in [0.15, 0.2) is 0 Å². The Morgan fingerprint density at radius 1 is 1.06 bits per heavy atom. The number of hydrogen-bond acceptors (Lipinski definition) is 5. The molecule has 1 aromatic heterocycles. The minimum atomic E-state index is -3.67. The summed E-state index contributed by atoms with van der Waals surface area (Å²) >= 11 is 0. The predicted octanol–water partition coefficient (Wildman–Crippen LogP) is 1.82. The molecule has 2 aromatic rings. The summed E-state index contributed by atoms with van der Waals surface area (Å²) in [5.74, 6) is 0. The van der Waals surface area contributed by atoms with Crippen LogP contribution in [0.2, 0.25) is 0 Å². The monoisotopic (exact) mass is 264 g/mol. The second kappa shape index (κ2) is 4.53. The number of aromatic nitrogens is 1. The third-order valence-electron chi connectivity index (χ3n) is 2.30. The number of benzene rings is 1. The number of rotatable bonds is 3. The Hall–Kier alpha value is -2.28. The molecule has 0 atom stereocenters. The van der Waals surface area contributed by atoms with Crippen LogP contribution < -0.4 is 0 Å². The van der Waals surface area contributed by atoms with Gasteiger partial charge < -0.3 is 0 Å². The molecular formula is C11H8N2O4S. The number of pyridine rings is 1. The fraction of sp³-hybridized carbons (Fsp3) is 0. The molecule has 0 aliphatic heterocycles. The molecule has 18 heavy (non-hydrogen) atoms. The topological polar surface area (TPSA) is 90.2 Å². The number of non-ortho nitro benzene ring substituents is 1. The summed E-state index contributed by atoms with van der Waals surface area (Å²) in [5, 5.41) is 10.5. The van der Waals surface area contributed by atoms with Crippen molar-refractivity contribution in [3.05, 3.63) is 58.9 Å². The van der Waals surface area contributed by atoms with Gasteiger partial charge >= 0.3 is 0 Å². The minimum Gasteiger partial charge on any atom is -0.263 e. The highest BCUT2D eigenvalue weighted by molar-refractivity contribution is 7.91. The molecule has 0 bridgehead atoms. The third kappa shape index (κ3) is 2.21. The van der Waals surface area contributed by atoms with Crippen molar-refractivity contribution in [2.45, 2.75) is 9.79 Å². The first-order valence-electron chi connectivity index (χ1n) is 4.91. The maximum atomic E-state index is 12.1. The minimum absolute atomic E-state index is 0.00102. The standard InChI is InChI=1S/C11H8N2O4S/c14-13(15)9-3-5-10(6-4-9)18(16,17)11-2-1-7-12-8-11/h1-8H. The normalized spacial score (nSPS) is 11.1. The van der Waals surface area contributed by atoms with E-state index in [-0.39, 0.29) is 15.5 Å². The summed E-state index contributed by atoms with van der Waals surface area (Å²) in [4.78, 5) is 13.7. The number of nitrogens with zero attached hydrogens (tertiary/aromatic N) is 2. The maximum absolute atomic E-state index is 12.1. The van der Waals surface area contributed by atoms with Crippen molar-refractivity contribution in [3.63, 3.8) is 0 Å². The SMILES string of the molecule is O=[N+]([O-])c1ccc(S(=O)(=O)c2cccnc2)cc1. The smallest absolute Gasteiger partial charge is 0.263 e. The third-order valence-corrected chi connectivity index (χ3v) is 4.06. The van der Waals surface area contributed by atoms with E-state index in [1.54, 1.807) is 0 Å². The Morgan fingerprint density at radius 2 is 1.72 bits per heavy atom. The van der Waals surface area contributed by atoms with E-state index in [0.717, 1.165) is 12.1 Å². The molecular weight excluding hydrogens is 256 g/mol. The molecule has 0 unspecified atom stereocenters. The van der Waals surface area contributed by atoms with Gasteiger partial charge in [0.05, 0.1) is 14.7 Å². The lowest BCUT2D eigenvalue weighted by atomic mass is 10.3. The van der Waals surface area contributed by atoms with E-state index in [4.69, 9.17) is 0 Å². The molecule has 1 heterocycles. The zero-order chi connectivity index (χ0) is 13.2. The fourth-order valence-electron chi connectivity index (χ4n) is 1.39. The maximum Gasteiger partial charge on any atom is 0.269 e. The van der Waals surface area contributed by atoms with Crippen molar-refractivity contribution in [1.82, 2.24) is 4.98 Å². The van der Waals surface area contributed by atoms with Gasteiger partial charge in [0.1, 0.15) is 0 Å². The van der Waals surface area contributed by atoms with Crippen LogP contribution in [0.4, 0.5) is 5.69 Å². The number of sulfone groups is 1. The Balaban J connectivity index is 2.46. The summed E-state index contributed by atoms with van der Waals surface area (Å²) in [6.45, 7) is 0. The highest BCUT2D eigenvalue weighted by atomic mass is 32.2. The molecule has 0 amide bonds. The van der Waals surface area contributed by atoms with Crippen LogP contribution in [0.25, 0.3) is 0 Å². The molecule has 0 radical (unpaired) electrons. The van der Waals surface area contributed by atoms with Gasteiger partial charge in [-0.15, -0.1) is 0 Å². The lowest BCUT2D eigenvalue weighted by Crippen LogP contribution is -2.02. The molecule has 6 nitrogen and oxygen atoms in total. The van der Waals surface area contributed by atoms with Crippen LogP contribution in [0.3, 0.4) is 0 Å². The van der Waals surface area contributed by atoms with Crippen LogP contribution in [0.15, 0.2) is 58.6 Å². The number of hydrogen-bond donors (Lipinski definition) is 0. The lowest BCUT2D eigenvalue weighted by Gasteiger charge is -2.03. The first kappa shape index (κ1) is 12.2. The summed E-state index contributed by atoms with van der Waals surface area (Å²) in [6, 6.07) is 7.66. The van der Waals surface area contributed by atoms with Crippen LogP contribution >= 0.6 is 0 Å². The Labute approximate surface area is 103 Å². The van der Waals surface area contributed by atoms with E-state index in [2.05, 4.69) is 4.98 Å². The van der Waals surface area contributed by atoms with Gasteiger partial charge in [-0.05, 0) is 24.3 Å². The van der Waals surface area contributed by atoms with E-state index in [9.17, 15) is 18.5 Å². The van der Waals surface area contributed by atoms with Crippen molar-refractivity contribution in [1.29, 1.82) is 0 Å². The zero-order valence-corrected chi connectivity index (χ0v) is 9.87. The molecule has 92 valence electrons. The summed E-state index contributed by atoms with van der Waals surface area (Å²) in [7, 11) is -3.67. The molecule has 0 aliphatic carbocycles. The summed E-state index contributed by atoms with van der Waals surface area (Å²) < 4.78 is 24.2. The van der Waals surface area contributed by atoms with Gasteiger partial charge in [-0.3, -0.25) is 15.1 Å². The Kier molecular flexibility index (Phi) is 3.07. The molecule has 0 aliphatic rings. The molecule has 2 rings (SSSR count). The molecule has 0 saturated carbocycles. The van der Waals surface area contributed by atoms with E-state index in [1.165, 1.54) is 36.7 Å². The molecule has 0 fully saturated rings. The van der Waals surface area contributed by atoms with Gasteiger partial charge in [0, 0.05) is 24.5 Å². The van der Waals surface area contributed by atoms with Crippen molar-refractivity contribution >= 4 is 15.5 Å². The van der Waals surface area contributed by atoms with Crippen molar-refractivity contribution < 1.29 is 13.3 Å². The first-order valence-corrected chi connectivity index (χ1v) is 6.40. The van der Waals surface area contributed by atoms with Crippen molar-refractivity contribution in [2.24, 2.45) is 0 Å². The fourth-order valence-corrected chi connectivity index (χ4v) is 2.61. The van der Waals surface area contributed by atoms with E-state index in [0.29, 0.717) is 0 Å². The van der Waals surface area contributed by atoms with Crippen molar-refractivity contribution in [2.75, 3.05) is 0 Å². The summed E-state index contributed by atoms with van der Waals surface area (Å²) in [5.41, 5.74) is -0.153. The van der Waals surface area contributed by atoms with E-state index in [1.807, 2.05) is 0 Å². The lowest BCUT2D eigenvalue weighted by molar-refractivity contribution is -0.384. The molecule has 1 aromatic carbocycles. The molecule has 0 spiro atoms. The van der Waals surface area contributed by atoms with Crippen LogP contribution in [0.5, 0.6) is 0 Å². The van der Waals surface area contributed by atoms with Gasteiger partial charge in [-0.1, -0.05) is 0 Å². The van der Waals surface area contributed by atoms with E-state index < -0.39 is 14.8 Å². The molecule has 0 N–H and O–H groups in total. The predicted molar refractivity (Wildman–Crippen MR) is 62.8 cm³/mol. The van der Waals surface area contributed by atoms with Crippen molar-refractivity contribution in [3.8, 4) is 0 Å². The highest BCUT2D eigenvalue weighted by Gasteiger charge is 2.18. The van der Waals surface area contributed by atoms with Crippen LogP contribution in [0.1, 0.15) is 0 Å². The van der Waals surface area contributed by atoms with E-state index >= 15 is 0 Å². The van der Waals surface area contributed by atoms with Gasteiger partial charge in [0.2, 0.25) is 9.84 Å². The first-order chi connectivity index (χ1) is 8.51. The highest BCUT2D eigenvalue weighted by Crippen LogP contribution is 2.22. The largest absolute Gasteiger partial charge is 0.269 e. The van der Waals surface area contributed by atoms with Crippen LogP contribution in [-0.2, 0) is 9.84 Å². The van der Waals surface area contributed by atoms with Crippen LogP contribution in [0, 0.1) is 10.1 Å². The quantitative estimate of drug-likeness (QED) is 0.623. The zero-order valence-electron chi connectivity index (χ0n) is 9.05. The van der Waals surface area contributed by atoms with Gasteiger partial charge in [-0.25, -0.2) is 8.42 Å². The number of nitro groups is 1. The van der Waals surface area contributed by atoms with Crippen LogP contribution in [-0.4, -0.2) is 18.3 Å².